The van der Waals surface area contributed by atoms with Gasteiger partial charge in [0.2, 0.25) is 0 Å². The zero-order valence-corrected chi connectivity index (χ0v) is 24.8. The second kappa shape index (κ2) is 11.9. The van der Waals surface area contributed by atoms with Crippen molar-refractivity contribution in [1.82, 2.24) is 0 Å². The van der Waals surface area contributed by atoms with Crippen molar-refractivity contribution in [3.05, 3.63) is 166 Å². The van der Waals surface area contributed by atoms with Crippen molar-refractivity contribution < 1.29 is 19.8 Å². The molecule has 2 N–H and O–H groups in total. The highest BCUT2D eigenvalue weighted by atomic mass is 16.4. The molecule has 0 bridgehead atoms. The molecule has 0 aliphatic rings. The third-order valence-electron chi connectivity index (χ3n) is 8.10. The molecule has 0 heterocycles. The average molecular weight is 585 g/mol. The Hall–Kier alpha value is -6.10. The van der Waals surface area contributed by atoms with Crippen molar-refractivity contribution in [2.24, 2.45) is 0 Å². The molecule has 0 aliphatic carbocycles. The summed E-state index contributed by atoms with van der Waals surface area (Å²) in [4.78, 5) is 24.8. The fourth-order valence-corrected chi connectivity index (χ4v) is 5.72. The van der Waals surface area contributed by atoms with Gasteiger partial charge in [-0.15, -0.1) is 0 Å². The van der Waals surface area contributed by atoms with E-state index in [9.17, 15) is 19.8 Å². The maximum absolute atomic E-state index is 12.4. The lowest BCUT2D eigenvalue weighted by molar-refractivity contribution is 0.0685. The number of carboxylic acids is 2. The number of fused-ring (bicyclic) bond motifs is 2. The fraction of sp³-hybridized carbons (Fsp3) is 0.0732. The smallest absolute Gasteiger partial charge is 0.336 e. The molecule has 6 aromatic rings. The predicted octanol–water partition coefficient (Wildman–Crippen LogP) is 8.51. The number of carbonyl (C=O) groups is 2. The molecule has 216 valence electrons. The van der Waals surface area contributed by atoms with Crippen molar-refractivity contribution in [3.8, 4) is 23.7 Å². The zero-order chi connectivity index (χ0) is 31.6. The Morgan fingerprint density at radius 2 is 0.889 bits per heavy atom. The molecule has 0 amide bonds. The number of hydrogen-bond donors (Lipinski definition) is 2. The molecule has 0 spiro atoms. The Morgan fingerprint density at radius 3 is 1.29 bits per heavy atom. The van der Waals surface area contributed by atoms with E-state index in [0.29, 0.717) is 22.3 Å². The third kappa shape index (κ3) is 5.78. The molecular weight excluding hydrogens is 556 g/mol. The monoisotopic (exact) mass is 584 g/mol. The lowest BCUT2D eigenvalue weighted by Gasteiger charge is -2.29. The molecule has 0 aliphatic heterocycles. The number of benzene rings is 6. The van der Waals surface area contributed by atoms with Crippen LogP contribution in [0.1, 0.15) is 67.9 Å². The van der Waals surface area contributed by atoms with Crippen molar-refractivity contribution in [2.75, 3.05) is 0 Å². The Labute approximate surface area is 261 Å². The van der Waals surface area contributed by atoms with Crippen LogP contribution in [-0.4, -0.2) is 22.2 Å². The minimum atomic E-state index is -1.09. The van der Waals surface area contributed by atoms with Crippen LogP contribution in [0, 0.1) is 23.7 Å². The number of hydrogen-bond acceptors (Lipinski definition) is 2. The van der Waals surface area contributed by atoms with Crippen LogP contribution < -0.4 is 0 Å². The van der Waals surface area contributed by atoms with Crippen LogP contribution in [0.2, 0.25) is 0 Å². The van der Waals surface area contributed by atoms with Gasteiger partial charge in [-0.25, -0.2) is 9.59 Å². The van der Waals surface area contributed by atoms with Gasteiger partial charge in [0, 0.05) is 27.7 Å². The summed E-state index contributed by atoms with van der Waals surface area (Å²) in [6.45, 7) is 3.88. The van der Waals surface area contributed by atoms with E-state index in [1.807, 2.05) is 111 Å². The van der Waals surface area contributed by atoms with Gasteiger partial charge in [0.25, 0.3) is 0 Å². The first kappa shape index (κ1) is 29.0. The number of carboxylic acid groups (broad SMARTS) is 2. The highest BCUT2D eigenvalue weighted by Crippen LogP contribution is 2.37. The molecule has 4 heteroatoms. The summed E-state index contributed by atoms with van der Waals surface area (Å²) >= 11 is 0. The molecule has 0 aromatic heterocycles. The minimum Gasteiger partial charge on any atom is -0.478 e. The maximum Gasteiger partial charge on any atom is 0.336 e. The first-order chi connectivity index (χ1) is 21.7. The average Bonchev–Trinajstić information content (AvgIpc) is 3.05. The van der Waals surface area contributed by atoms with Crippen LogP contribution in [0.4, 0.5) is 0 Å². The maximum atomic E-state index is 12.4. The van der Waals surface area contributed by atoms with Crippen LogP contribution in [0.5, 0.6) is 0 Å². The molecular formula is C41H28O4. The first-order valence-electron chi connectivity index (χ1n) is 14.5. The quantitative estimate of drug-likeness (QED) is 0.204. The van der Waals surface area contributed by atoms with E-state index in [0.717, 1.165) is 32.7 Å². The second-order valence-electron chi connectivity index (χ2n) is 11.3. The van der Waals surface area contributed by atoms with E-state index in [1.54, 1.807) is 24.3 Å². The molecule has 6 aromatic carbocycles. The topological polar surface area (TPSA) is 74.6 Å². The Bertz CT molecular complexity index is 2110. The van der Waals surface area contributed by atoms with E-state index in [-0.39, 0.29) is 11.1 Å². The molecule has 0 radical (unpaired) electrons. The van der Waals surface area contributed by atoms with Gasteiger partial charge in [0.15, 0.2) is 0 Å². The van der Waals surface area contributed by atoms with Gasteiger partial charge >= 0.3 is 11.9 Å². The SMILES string of the molecule is CC(C)(c1cccc(C(=O)O)c1C#Cc1ccc2ccccc2c1)c1cccc(C(=O)O)c1C#Cc1ccc2ccccc2c1. The van der Waals surface area contributed by atoms with Gasteiger partial charge in [0.1, 0.15) is 0 Å². The summed E-state index contributed by atoms with van der Waals surface area (Å²) in [6, 6.07) is 37.9. The van der Waals surface area contributed by atoms with Gasteiger partial charge < -0.3 is 10.2 Å². The molecule has 6 rings (SSSR count). The normalized spacial score (nSPS) is 10.9. The van der Waals surface area contributed by atoms with Gasteiger partial charge in [-0.05, 0) is 69.1 Å². The van der Waals surface area contributed by atoms with Crippen molar-refractivity contribution in [2.45, 2.75) is 19.3 Å². The zero-order valence-electron chi connectivity index (χ0n) is 24.8. The lowest BCUT2D eigenvalue weighted by atomic mass is 9.73. The van der Waals surface area contributed by atoms with Crippen LogP contribution in [0.25, 0.3) is 21.5 Å². The summed E-state index contributed by atoms with van der Waals surface area (Å²) in [5, 5.41) is 24.6. The standard InChI is InChI=1S/C41H28O4/c1-41(2,37-15-7-13-35(39(42)43)33(37)23-19-27-17-21-29-9-3-5-11-31(29)25-27)38-16-8-14-36(40(44)45)34(38)24-20-28-18-22-30-10-4-6-12-32(30)26-28/h3-18,21-22,25-26H,1-2H3,(H,42,43)(H,44,45). The van der Waals surface area contributed by atoms with Crippen LogP contribution in [0.15, 0.2) is 121 Å². The van der Waals surface area contributed by atoms with Crippen molar-refractivity contribution in [3.63, 3.8) is 0 Å². The largest absolute Gasteiger partial charge is 0.478 e. The minimum absolute atomic E-state index is 0.0760. The van der Waals surface area contributed by atoms with Gasteiger partial charge in [-0.1, -0.05) is 122 Å². The Balaban J connectivity index is 1.51. The number of aromatic carboxylic acids is 2. The Morgan fingerprint density at radius 1 is 0.489 bits per heavy atom. The summed E-state index contributed by atoms with van der Waals surface area (Å²) in [5.41, 5.74) is 2.87. The summed E-state index contributed by atoms with van der Waals surface area (Å²) < 4.78 is 0. The van der Waals surface area contributed by atoms with E-state index in [1.165, 1.54) is 0 Å². The van der Waals surface area contributed by atoms with E-state index < -0.39 is 17.4 Å². The van der Waals surface area contributed by atoms with Gasteiger partial charge in [-0.2, -0.15) is 0 Å². The lowest BCUT2D eigenvalue weighted by Crippen LogP contribution is -2.24. The van der Waals surface area contributed by atoms with E-state index in [4.69, 9.17) is 0 Å². The molecule has 0 saturated heterocycles. The van der Waals surface area contributed by atoms with Gasteiger partial charge in [0.05, 0.1) is 11.1 Å². The number of rotatable bonds is 4. The molecule has 45 heavy (non-hydrogen) atoms. The summed E-state index contributed by atoms with van der Waals surface area (Å²) in [5.74, 6) is 10.5. The Kier molecular flexibility index (Phi) is 7.66. The predicted molar refractivity (Wildman–Crippen MR) is 179 cm³/mol. The first-order valence-corrected chi connectivity index (χ1v) is 14.5. The third-order valence-corrected chi connectivity index (χ3v) is 8.10. The molecule has 0 unspecified atom stereocenters. The van der Waals surface area contributed by atoms with E-state index >= 15 is 0 Å². The van der Waals surface area contributed by atoms with Gasteiger partial charge in [-0.3, -0.25) is 0 Å². The summed E-state index contributed by atoms with van der Waals surface area (Å²) in [7, 11) is 0. The van der Waals surface area contributed by atoms with Crippen molar-refractivity contribution in [1.29, 1.82) is 0 Å². The van der Waals surface area contributed by atoms with E-state index in [2.05, 4.69) is 23.7 Å². The molecule has 0 saturated carbocycles. The highest BCUT2D eigenvalue weighted by molar-refractivity contribution is 5.93. The van der Waals surface area contributed by atoms with Crippen LogP contribution >= 0.6 is 0 Å². The van der Waals surface area contributed by atoms with Crippen LogP contribution in [0.3, 0.4) is 0 Å². The fourth-order valence-electron chi connectivity index (χ4n) is 5.72. The van der Waals surface area contributed by atoms with Crippen molar-refractivity contribution >= 4 is 33.5 Å². The second-order valence-corrected chi connectivity index (χ2v) is 11.3. The highest BCUT2D eigenvalue weighted by Gasteiger charge is 2.31. The summed E-state index contributed by atoms with van der Waals surface area (Å²) in [6.07, 6.45) is 0. The van der Waals surface area contributed by atoms with Crippen LogP contribution in [-0.2, 0) is 5.41 Å². The molecule has 0 fully saturated rings. The molecule has 4 nitrogen and oxygen atoms in total. The molecule has 0 atom stereocenters.